The van der Waals surface area contributed by atoms with E-state index in [1.165, 1.54) is 19.3 Å². The number of carbonyl (C=O) groups excluding carboxylic acids is 2. The lowest BCUT2D eigenvalue weighted by molar-refractivity contribution is -0.154. The summed E-state index contributed by atoms with van der Waals surface area (Å²) in [6.45, 7) is 4.02. The predicted molar refractivity (Wildman–Crippen MR) is 172 cm³/mol. The summed E-state index contributed by atoms with van der Waals surface area (Å²) in [5, 5.41) is 23.6. The standard InChI is InChI=1S/C34H41ClN6O3S/c1-18(26-6-5-24(10-27(26)35)30-19(2)36-17-45-30)37-32(43)29-11-25(42)15-40(29)33(44)31(41-16-28(38-39-41)23-3-4-23)34-12-20-7-21(13-34)9-22(8-20)14-34/h5-6,10,16-18,20-23,25,29,31,42H,3-4,7-9,11-15H2,1-2H3,(H,37,43)/t18?,20?,21?,22?,25-,29+,31?,34?/m1/s1. The highest BCUT2D eigenvalue weighted by atomic mass is 35.5. The largest absolute Gasteiger partial charge is 0.391 e. The van der Waals surface area contributed by atoms with E-state index in [4.69, 9.17) is 11.6 Å². The molecule has 11 heteroatoms. The van der Waals surface area contributed by atoms with E-state index in [2.05, 4.69) is 20.6 Å². The van der Waals surface area contributed by atoms with Gasteiger partial charge in [0.15, 0.2) is 0 Å². The molecule has 3 heterocycles. The quantitative estimate of drug-likeness (QED) is 0.318. The number of amides is 2. The summed E-state index contributed by atoms with van der Waals surface area (Å²) in [6, 6.07) is 4.20. The van der Waals surface area contributed by atoms with E-state index >= 15 is 0 Å². The first kappa shape index (κ1) is 29.6. The number of nitrogens with one attached hydrogen (secondary N) is 1. The molecule has 4 atom stereocenters. The average Bonchev–Trinajstić information content (AvgIpc) is 3.35. The van der Waals surface area contributed by atoms with E-state index in [-0.39, 0.29) is 36.2 Å². The third-order valence-corrected chi connectivity index (χ3v) is 12.7. The van der Waals surface area contributed by atoms with Crippen molar-refractivity contribution in [1.29, 1.82) is 0 Å². The summed E-state index contributed by atoms with van der Waals surface area (Å²) in [5.74, 6) is 2.02. The molecule has 2 amide bonds. The molecule has 3 aromatic rings. The van der Waals surface area contributed by atoms with Crippen LogP contribution in [0, 0.1) is 30.1 Å². The van der Waals surface area contributed by atoms with Crippen LogP contribution in [0.2, 0.25) is 5.02 Å². The van der Waals surface area contributed by atoms with Gasteiger partial charge in [0.2, 0.25) is 11.8 Å². The lowest BCUT2D eigenvalue weighted by atomic mass is 9.47. The minimum atomic E-state index is -0.768. The molecule has 1 aromatic carbocycles. The molecular formula is C34H41ClN6O3S. The molecule has 9 rings (SSSR count). The van der Waals surface area contributed by atoms with Gasteiger partial charge in [-0.05, 0) is 100 Å². The van der Waals surface area contributed by atoms with Crippen molar-refractivity contribution in [2.45, 2.75) is 102 Å². The van der Waals surface area contributed by atoms with Crippen LogP contribution < -0.4 is 5.32 Å². The molecule has 1 saturated heterocycles. The molecule has 2 unspecified atom stereocenters. The summed E-state index contributed by atoms with van der Waals surface area (Å²) in [7, 11) is 0. The molecule has 4 bridgehead atoms. The van der Waals surface area contributed by atoms with Crippen LogP contribution in [0.25, 0.3) is 10.4 Å². The van der Waals surface area contributed by atoms with Crippen molar-refractivity contribution in [3.63, 3.8) is 0 Å². The van der Waals surface area contributed by atoms with Crippen molar-refractivity contribution >= 4 is 34.8 Å². The molecule has 2 N–H and O–H groups in total. The van der Waals surface area contributed by atoms with Crippen molar-refractivity contribution in [2.24, 2.45) is 23.2 Å². The Morgan fingerprint density at radius 2 is 1.82 bits per heavy atom. The highest BCUT2D eigenvalue weighted by Gasteiger charge is 2.58. The van der Waals surface area contributed by atoms with Gasteiger partial charge < -0.3 is 15.3 Å². The first-order valence-electron chi connectivity index (χ1n) is 16.6. The fourth-order valence-electron chi connectivity index (χ4n) is 9.60. The highest BCUT2D eigenvalue weighted by Crippen LogP contribution is 2.64. The van der Waals surface area contributed by atoms with E-state index in [1.54, 1.807) is 16.2 Å². The van der Waals surface area contributed by atoms with Gasteiger partial charge in [-0.15, -0.1) is 16.4 Å². The van der Waals surface area contributed by atoms with E-state index in [0.717, 1.165) is 59.5 Å². The molecule has 6 fully saturated rings. The summed E-state index contributed by atoms with van der Waals surface area (Å²) in [4.78, 5) is 35.8. The van der Waals surface area contributed by atoms with Gasteiger partial charge in [0, 0.05) is 35.5 Å². The lowest BCUT2D eigenvalue weighted by Gasteiger charge is -2.59. The highest BCUT2D eigenvalue weighted by molar-refractivity contribution is 7.13. The first-order chi connectivity index (χ1) is 21.7. The number of β-amino-alcohol motifs (C(OH)–C–C–N with tert-alkyl or cyclic N) is 1. The number of rotatable bonds is 8. The zero-order valence-corrected chi connectivity index (χ0v) is 27.4. The second-order valence-corrected chi connectivity index (χ2v) is 16.0. The van der Waals surface area contributed by atoms with E-state index in [0.29, 0.717) is 28.7 Å². The van der Waals surface area contributed by atoms with Crippen molar-refractivity contribution in [3.8, 4) is 10.4 Å². The van der Waals surface area contributed by atoms with E-state index < -0.39 is 18.2 Å². The van der Waals surface area contributed by atoms with Crippen LogP contribution in [-0.4, -0.2) is 60.5 Å². The summed E-state index contributed by atoms with van der Waals surface area (Å²) in [5.41, 5.74) is 5.35. The number of hydrogen-bond donors (Lipinski definition) is 2. The maximum atomic E-state index is 14.8. The molecule has 9 nitrogen and oxygen atoms in total. The smallest absolute Gasteiger partial charge is 0.248 e. The Balaban J connectivity index is 1.05. The van der Waals surface area contributed by atoms with E-state index in [1.807, 2.05) is 48.4 Å². The molecule has 0 radical (unpaired) electrons. The Morgan fingerprint density at radius 3 is 2.44 bits per heavy atom. The number of aryl methyl sites for hydroxylation is 1. The lowest BCUT2D eigenvalue weighted by Crippen LogP contribution is -2.56. The Bertz CT molecular complexity index is 1600. The van der Waals surface area contributed by atoms with Gasteiger partial charge in [0.05, 0.1) is 33.9 Å². The molecule has 6 aliphatic rings. The number of thiazole rings is 1. The van der Waals surface area contributed by atoms with Crippen molar-refractivity contribution in [3.05, 3.63) is 51.9 Å². The molecule has 5 aliphatic carbocycles. The van der Waals surface area contributed by atoms with E-state index in [9.17, 15) is 14.7 Å². The molecule has 45 heavy (non-hydrogen) atoms. The van der Waals surface area contributed by atoms with Gasteiger partial charge in [-0.2, -0.15) is 0 Å². The third kappa shape index (κ3) is 5.30. The Morgan fingerprint density at radius 1 is 1.11 bits per heavy atom. The van der Waals surface area contributed by atoms with Crippen LogP contribution in [0.5, 0.6) is 0 Å². The molecule has 1 aliphatic heterocycles. The SMILES string of the molecule is Cc1ncsc1-c1ccc(C(C)NC(=O)[C@@H]2C[C@@H](O)CN2C(=O)C(n2cc(C3CC3)nn2)C23CC4CC(CC(C4)C2)C3)c(Cl)c1. The van der Waals surface area contributed by atoms with Gasteiger partial charge in [-0.1, -0.05) is 28.9 Å². The van der Waals surface area contributed by atoms with Gasteiger partial charge in [-0.25, -0.2) is 9.67 Å². The second kappa shape index (κ2) is 11.2. The number of carbonyl (C=O) groups is 2. The maximum Gasteiger partial charge on any atom is 0.248 e. The summed E-state index contributed by atoms with van der Waals surface area (Å²) < 4.78 is 1.84. The van der Waals surface area contributed by atoms with Crippen LogP contribution in [0.15, 0.2) is 29.9 Å². The maximum absolute atomic E-state index is 14.8. The normalized spacial score (nSPS) is 31.7. The fraction of sp³-hybridized carbons (Fsp3) is 0.618. The molecular weight excluding hydrogens is 608 g/mol. The van der Waals surface area contributed by atoms with Crippen LogP contribution >= 0.6 is 22.9 Å². The molecule has 2 aromatic heterocycles. The minimum Gasteiger partial charge on any atom is -0.391 e. The van der Waals surface area contributed by atoms with Crippen molar-refractivity contribution in [1.82, 2.24) is 30.2 Å². The first-order valence-corrected chi connectivity index (χ1v) is 17.8. The van der Waals surface area contributed by atoms with Crippen LogP contribution in [0.1, 0.15) is 99.7 Å². The number of aliphatic hydroxyl groups excluding tert-OH is 1. The van der Waals surface area contributed by atoms with Crippen molar-refractivity contribution < 1.29 is 14.7 Å². The molecule has 5 saturated carbocycles. The fourth-order valence-corrected chi connectivity index (χ4v) is 10.7. The van der Waals surface area contributed by atoms with Gasteiger partial charge in [-0.3, -0.25) is 9.59 Å². The molecule has 238 valence electrons. The molecule has 0 spiro atoms. The minimum absolute atomic E-state index is 0.101. The van der Waals surface area contributed by atoms with Crippen LogP contribution in [0.3, 0.4) is 0 Å². The summed E-state index contributed by atoms with van der Waals surface area (Å²) in [6.07, 6.45) is 10.5. The Hall–Kier alpha value is -2.82. The zero-order chi connectivity index (χ0) is 31.0. The number of aromatic nitrogens is 4. The number of benzene rings is 1. The monoisotopic (exact) mass is 648 g/mol. The number of aliphatic hydroxyl groups is 1. The number of hydrogen-bond acceptors (Lipinski definition) is 7. The van der Waals surface area contributed by atoms with Crippen LogP contribution in [0.4, 0.5) is 0 Å². The third-order valence-electron chi connectivity index (χ3n) is 11.4. The predicted octanol–water partition coefficient (Wildman–Crippen LogP) is 5.84. The van der Waals surface area contributed by atoms with Gasteiger partial charge in [0.25, 0.3) is 0 Å². The van der Waals surface area contributed by atoms with Gasteiger partial charge >= 0.3 is 0 Å². The number of likely N-dealkylation sites (tertiary alicyclic amines) is 1. The van der Waals surface area contributed by atoms with Crippen molar-refractivity contribution in [2.75, 3.05) is 6.54 Å². The topological polar surface area (TPSA) is 113 Å². The number of nitrogens with zero attached hydrogens (tertiary/aromatic N) is 5. The second-order valence-electron chi connectivity index (χ2n) is 14.7. The Labute approximate surface area is 272 Å². The Kier molecular flexibility index (Phi) is 7.33. The zero-order valence-electron chi connectivity index (χ0n) is 25.9. The average molecular weight is 649 g/mol. The van der Waals surface area contributed by atoms with Crippen LogP contribution in [-0.2, 0) is 9.59 Å². The van der Waals surface area contributed by atoms with Gasteiger partial charge in [0.1, 0.15) is 12.1 Å². The number of halogens is 1. The summed E-state index contributed by atoms with van der Waals surface area (Å²) >= 11 is 8.31.